The van der Waals surface area contributed by atoms with Crippen LogP contribution in [-0.2, 0) is 16.1 Å². The average molecular weight is 326 g/mol. The van der Waals surface area contributed by atoms with Crippen molar-refractivity contribution in [1.29, 1.82) is 0 Å². The first-order valence-corrected chi connectivity index (χ1v) is 7.59. The quantitative estimate of drug-likeness (QED) is 0.795. The lowest BCUT2D eigenvalue weighted by molar-refractivity contribution is -0.127. The third-order valence-corrected chi connectivity index (χ3v) is 3.44. The molecule has 0 saturated carbocycles. The molecule has 0 unspecified atom stereocenters. The van der Waals surface area contributed by atoms with Crippen molar-refractivity contribution in [2.45, 2.75) is 13.0 Å². The molecule has 2 rings (SSSR count). The van der Waals surface area contributed by atoms with Crippen LogP contribution in [0.3, 0.4) is 0 Å². The predicted octanol–water partition coefficient (Wildman–Crippen LogP) is 2.74. The van der Waals surface area contributed by atoms with E-state index in [1.165, 1.54) is 18.2 Å². The molecule has 0 heterocycles. The number of nitrogens with two attached hydrogens (primary N) is 1. The van der Waals surface area contributed by atoms with Crippen LogP contribution in [0.4, 0.5) is 4.39 Å². The maximum atomic E-state index is 12.9. The van der Waals surface area contributed by atoms with Gasteiger partial charge < -0.3 is 10.6 Å². The molecule has 0 fully saturated rings. The summed E-state index contributed by atoms with van der Waals surface area (Å²) >= 11 is 0. The minimum absolute atomic E-state index is 0.100. The molecule has 0 atom stereocenters. The number of rotatable bonds is 7. The fraction of sp³-hybridized carbons (Fsp3) is 0.158. The Hall–Kier alpha value is -2.95. The van der Waals surface area contributed by atoms with Gasteiger partial charge in [-0.3, -0.25) is 9.59 Å². The van der Waals surface area contributed by atoms with Crippen LogP contribution in [0.2, 0.25) is 0 Å². The summed E-state index contributed by atoms with van der Waals surface area (Å²) < 4.78 is 12.9. The van der Waals surface area contributed by atoms with Crippen LogP contribution in [0.25, 0.3) is 6.08 Å². The highest BCUT2D eigenvalue weighted by molar-refractivity contribution is 5.92. The molecule has 0 radical (unpaired) electrons. The summed E-state index contributed by atoms with van der Waals surface area (Å²) in [5.41, 5.74) is 6.87. The molecule has 0 saturated heterocycles. The van der Waals surface area contributed by atoms with Crippen LogP contribution in [-0.4, -0.2) is 23.3 Å². The molecular formula is C19H19FN2O2. The van der Waals surface area contributed by atoms with Gasteiger partial charge in [0, 0.05) is 25.6 Å². The van der Waals surface area contributed by atoms with Gasteiger partial charge in [0.25, 0.3) is 0 Å². The first kappa shape index (κ1) is 17.4. The van der Waals surface area contributed by atoms with Gasteiger partial charge in [-0.15, -0.1) is 0 Å². The lowest BCUT2D eigenvalue weighted by atomic mass is 10.2. The van der Waals surface area contributed by atoms with E-state index in [0.717, 1.165) is 11.1 Å². The van der Waals surface area contributed by atoms with E-state index in [9.17, 15) is 14.0 Å². The Bertz CT molecular complexity index is 712. The smallest absolute Gasteiger partial charge is 0.246 e. The Kier molecular flexibility index (Phi) is 6.25. The molecule has 2 aromatic rings. The van der Waals surface area contributed by atoms with Crippen molar-refractivity contribution in [2.24, 2.45) is 5.73 Å². The van der Waals surface area contributed by atoms with E-state index in [0.29, 0.717) is 6.54 Å². The van der Waals surface area contributed by atoms with Gasteiger partial charge in [0.1, 0.15) is 5.82 Å². The molecule has 0 spiro atoms. The van der Waals surface area contributed by atoms with Crippen LogP contribution < -0.4 is 5.73 Å². The first-order chi connectivity index (χ1) is 11.5. The minimum Gasteiger partial charge on any atom is -0.370 e. The Balaban J connectivity index is 2.07. The van der Waals surface area contributed by atoms with E-state index in [4.69, 9.17) is 5.73 Å². The lowest BCUT2D eigenvalue weighted by Gasteiger charge is -2.20. The second kappa shape index (κ2) is 8.62. The summed E-state index contributed by atoms with van der Waals surface area (Å²) in [6, 6.07) is 15.3. The Morgan fingerprint density at radius 3 is 2.33 bits per heavy atom. The van der Waals surface area contributed by atoms with Crippen LogP contribution in [0, 0.1) is 5.82 Å². The zero-order valence-corrected chi connectivity index (χ0v) is 13.2. The van der Waals surface area contributed by atoms with Crippen LogP contribution in [0.1, 0.15) is 17.5 Å². The summed E-state index contributed by atoms with van der Waals surface area (Å²) in [4.78, 5) is 25.0. The van der Waals surface area contributed by atoms with Crippen molar-refractivity contribution in [1.82, 2.24) is 4.90 Å². The Morgan fingerprint density at radius 2 is 1.71 bits per heavy atom. The lowest BCUT2D eigenvalue weighted by Crippen LogP contribution is -2.32. The molecule has 24 heavy (non-hydrogen) atoms. The number of halogens is 1. The molecule has 2 aromatic carbocycles. The predicted molar refractivity (Wildman–Crippen MR) is 91.1 cm³/mol. The minimum atomic E-state index is -0.455. The van der Waals surface area contributed by atoms with E-state index >= 15 is 0 Å². The van der Waals surface area contributed by atoms with Gasteiger partial charge in [-0.25, -0.2) is 4.39 Å². The number of amides is 2. The molecule has 0 aliphatic carbocycles. The molecule has 0 aromatic heterocycles. The van der Waals surface area contributed by atoms with Crippen LogP contribution >= 0.6 is 0 Å². The second-order valence-electron chi connectivity index (χ2n) is 5.35. The zero-order chi connectivity index (χ0) is 17.4. The third kappa shape index (κ3) is 5.68. The largest absolute Gasteiger partial charge is 0.370 e. The second-order valence-corrected chi connectivity index (χ2v) is 5.35. The average Bonchev–Trinajstić information content (AvgIpc) is 2.58. The van der Waals surface area contributed by atoms with Gasteiger partial charge in [-0.05, 0) is 29.3 Å². The molecule has 0 aliphatic heterocycles. The van der Waals surface area contributed by atoms with Gasteiger partial charge in [0.05, 0.1) is 0 Å². The standard InChI is InChI=1S/C19H19FN2O2/c20-17-9-6-15(7-10-17)8-11-19(24)22(13-12-18(21)23)14-16-4-2-1-3-5-16/h1-11H,12-14H2,(H2,21,23)/b11-8-. The van der Waals surface area contributed by atoms with Crippen molar-refractivity contribution < 1.29 is 14.0 Å². The molecule has 0 bridgehead atoms. The van der Waals surface area contributed by atoms with Crippen molar-refractivity contribution in [3.63, 3.8) is 0 Å². The molecule has 2 N–H and O–H groups in total. The summed E-state index contributed by atoms with van der Waals surface area (Å²) in [5.74, 6) is -1.02. The monoisotopic (exact) mass is 326 g/mol. The number of hydrogen-bond donors (Lipinski definition) is 1. The number of primary amides is 1. The van der Waals surface area contributed by atoms with E-state index in [2.05, 4.69) is 0 Å². The van der Waals surface area contributed by atoms with E-state index in [1.54, 1.807) is 23.1 Å². The highest BCUT2D eigenvalue weighted by atomic mass is 19.1. The normalized spacial score (nSPS) is 10.7. The number of benzene rings is 2. The molecule has 124 valence electrons. The van der Waals surface area contributed by atoms with Crippen molar-refractivity contribution >= 4 is 17.9 Å². The molecular weight excluding hydrogens is 307 g/mol. The number of hydrogen-bond acceptors (Lipinski definition) is 2. The van der Waals surface area contributed by atoms with E-state index in [1.807, 2.05) is 30.3 Å². The topological polar surface area (TPSA) is 63.4 Å². The Morgan fingerprint density at radius 1 is 1.04 bits per heavy atom. The number of nitrogens with zero attached hydrogens (tertiary/aromatic N) is 1. The molecule has 5 heteroatoms. The fourth-order valence-corrected chi connectivity index (χ4v) is 2.16. The van der Waals surface area contributed by atoms with Gasteiger partial charge in [0.15, 0.2) is 0 Å². The van der Waals surface area contributed by atoms with E-state index in [-0.39, 0.29) is 24.7 Å². The number of carbonyl (C=O) groups is 2. The van der Waals surface area contributed by atoms with Gasteiger partial charge in [0.2, 0.25) is 11.8 Å². The maximum Gasteiger partial charge on any atom is 0.246 e. The molecule has 4 nitrogen and oxygen atoms in total. The SMILES string of the molecule is NC(=O)CCN(Cc1ccccc1)C(=O)/C=C\c1ccc(F)cc1. The van der Waals surface area contributed by atoms with Crippen molar-refractivity contribution in [3.8, 4) is 0 Å². The van der Waals surface area contributed by atoms with Crippen molar-refractivity contribution in [2.75, 3.05) is 6.54 Å². The number of carbonyl (C=O) groups excluding carboxylic acids is 2. The zero-order valence-electron chi connectivity index (χ0n) is 13.2. The van der Waals surface area contributed by atoms with E-state index < -0.39 is 5.91 Å². The summed E-state index contributed by atoms with van der Waals surface area (Å²) in [6.45, 7) is 0.636. The van der Waals surface area contributed by atoms with Crippen LogP contribution in [0.15, 0.2) is 60.7 Å². The molecule has 2 amide bonds. The first-order valence-electron chi connectivity index (χ1n) is 7.59. The highest BCUT2D eigenvalue weighted by Gasteiger charge is 2.12. The Labute approximate surface area is 140 Å². The van der Waals surface area contributed by atoms with Crippen LogP contribution in [0.5, 0.6) is 0 Å². The highest BCUT2D eigenvalue weighted by Crippen LogP contribution is 2.09. The maximum absolute atomic E-state index is 12.9. The molecule has 0 aliphatic rings. The third-order valence-electron chi connectivity index (χ3n) is 3.44. The summed E-state index contributed by atoms with van der Waals surface area (Å²) in [7, 11) is 0. The summed E-state index contributed by atoms with van der Waals surface area (Å²) in [5, 5.41) is 0. The van der Waals surface area contributed by atoms with Crippen molar-refractivity contribution in [3.05, 3.63) is 77.6 Å². The summed E-state index contributed by atoms with van der Waals surface area (Å²) in [6.07, 6.45) is 3.13. The fourth-order valence-electron chi connectivity index (χ4n) is 2.16. The van der Waals surface area contributed by atoms with Gasteiger partial charge in [-0.2, -0.15) is 0 Å². The van der Waals surface area contributed by atoms with Gasteiger partial charge in [-0.1, -0.05) is 42.5 Å². The van der Waals surface area contributed by atoms with Gasteiger partial charge >= 0.3 is 0 Å².